The number of H-pyrrole nitrogens is 1. The summed E-state index contributed by atoms with van der Waals surface area (Å²) < 4.78 is 0. The third-order valence-corrected chi connectivity index (χ3v) is 4.32. The normalized spacial score (nSPS) is 17.8. The average Bonchev–Trinajstić information content (AvgIpc) is 3.22. The van der Waals surface area contributed by atoms with Gasteiger partial charge in [0.05, 0.1) is 29.1 Å². The monoisotopic (exact) mass is 307 g/mol. The number of nitrogens with zero attached hydrogens (tertiary/aromatic N) is 4. The standard InChI is InChI=1S/C17H17N5O/c1-11-18-7-6-14(21-11)16-3-2-8-22(16)17(23)12-4-5-13-15(9-12)20-10-19-13/h4-7,9-10,16H,2-3,8H2,1H3,(H,19,20). The summed E-state index contributed by atoms with van der Waals surface area (Å²) >= 11 is 0. The van der Waals surface area contributed by atoms with E-state index in [4.69, 9.17) is 0 Å². The number of imidazole rings is 1. The zero-order valence-electron chi connectivity index (χ0n) is 12.9. The molecule has 1 atom stereocenters. The molecule has 6 nitrogen and oxygen atoms in total. The Labute approximate surface area is 133 Å². The van der Waals surface area contributed by atoms with Crippen LogP contribution in [0.2, 0.25) is 0 Å². The second-order valence-electron chi connectivity index (χ2n) is 5.82. The summed E-state index contributed by atoms with van der Waals surface area (Å²) in [6.07, 6.45) is 5.33. The summed E-state index contributed by atoms with van der Waals surface area (Å²) in [4.78, 5) is 30.7. The van der Waals surface area contributed by atoms with Gasteiger partial charge in [-0.25, -0.2) is 15.0 Å². The predicted octanol–water partition coefficient (Wildman–Crippen LogP) is 2.64. The third kappa shape index (κ3) is 2.46. The van der Waals surface area contributed by atoms with Gasteiger partial charge in [0, 0.05) is 18.3 Å². The maximum absolute atomic E-state index is 12.9. The number of amides is 1. The lowest BCUT2D eigenvalue weighted by Crippen LogP contribution is -2.31. The highest BCUT2D eigenvalue weighted by Gasteiger charge is 2.31. The van der Waals surface area contributed by atoms with E-state index in [1.54, 1.807) is 12.5 Å². The number of rotatable bonds is 2. The second-order valence-corrected chi connectivity index (χ2v) is 5.82. The van der Waals surface area contributed by atoms with Gasteiger partial charge in [0.15, 0.2) is 0 Å². The van der Waals surface area contributed by atoms with Crippen molar-refractivity contribution in [3.05, 3.63) is 53.9 Å². The molecule has 0 saturated carbocycles. The Morgan fingerprint density at radius 1 is 1.30 bits per heavy atom. The van der Waals surface area contributed by atoms with Crippen LogP contribution in [0, 0.1) is 6.92 Å². The number of carbonyl (C=O) groups excluding carboxylic acids is 1. The van der Waals surface area contributed by atoms with E-state index in [0.717, 1.165) is 41.9 Å². The van der Waals surface area contributed by atoms with Crippen LogP contribution < -0.4 is 0 Å². The summed E-state index contributed by atoms with van der Waals surface area (Å²) in [6, 6.07) is 7.51. The Bertz CT molecular complexity index is 872. The average molecular weight is 307 g/mol. The Morgan fingerprint density at radius 2 is 2.22 bits per heavy atom. The molecule has 1 aliphatic heterocycles. The van der Waals surface area contributed by atoms with Crippen molar-refractivity contribution in [2.45, 2.75) is 25.8 Å². The molecular weight excluding hydrogens is 290 g/mol. The van der Waals surface area contributed by atoms with Crippen LogP contribution in [0.15, 0.2) is 36.8 Å². The maximum Gasteiger partial charge on any atom is 0.254 e. The van der Waals surface area contributed by atoms with Crippen molar-refractivity contribution < 1.29 is 4.79 Å². The number of carbonyl (C=O) groups is 1. The highest BCUT2D eigenvalue weighted by molar-refractivity contribution is 5.97. The van der Waals surface area contributed by atoms with E-state index in [1.807, 2.05) is 36.1 Å². The van der Waals surface area contributed by atoms with Gasteiger partial charge in [-0.1, -0.05) is 0 Å². The lowest BCUT2D eigenvalue weighted by atomic mass is 10.1. The minimum absolute atomic E-state index is 0.0293. The van der Waals surface area contributed by atoms with Crippen LogP contribution in [-0.4, -0.2) is 37.3 Å². The van der Waals surface area contributed by atoms with Gasteiger partial charge in [-0.2, -0.15) is 0 Å². The zero-order valence-corrected chi connectivity index (χ0v) is 12.9. The maximum atomic E-state index is 12.9. The van der Waals surface area contributed by atoms with Crippen molar-refractivity contribution in [1.82, 2.24) is 24.8 Å². The fraction of sp³-hybridized carbons (Fsp3) is 0.294. The largest absolute Gasteiger partial charge is 0.345 e. The summed E-state index contributed by atoms with van der Waals surface area (Å²) in [5.41, 5.74) is 3.35. The van der Waals surface area contributed by atoms with Gasteiger partial charge in [0.2, 0.25) is 0 Å². The number of aromatic nitrogens is 4. The smallest absolute Gasteiger partial charge is 0.254 e. The fourth-order valence-electron chi connectivity index (χ4n) is 3.21. The van der Waals surface area contributed by atoms with Crippen molar-refractivity contribution >= 4 is 16.9 Å². The highest BCUT2D eigenvalue weighted by Crippen LogP contribution is 2.32. The molecule has 1 fully saturated rings. The Kier molecular flexibility index (Phi) is 3.29. The Morgan fingerprint density at radius 3 is 3.09 bits per heavy atom. The van der Waals surface area contributed by atoms with Crippen molar-refractivity contribution in [3.63, 3.8) is 0 Å². The van der Waals surface area contributed by atoms with Gasteiger partial charge < -0.3 is 9.88 Å². The minimum atomic E-state index is 0.0293. The van der Waals surface area contributed by atoms with Gasteiger partial charge in [-0.15, -0.1) is 0 Å². The number of aromatic amines is 1. The first kappa shape index (κ1) is 13.9. The fourth-order valence-corrected chi connectivity index (χ4v) is 3.21. The molecule has 1 N–H and O–H groups in total. The van der Waals surface area contributed by atoms with Crippen LogP contribution in [0.1, 0.15) is 40.8 Å². The number of benzene rings is 1. The highest BCUT2D eigenvalue weighted by atomic mass is 16.2. The van der Waals surface area contributed by atoms with E-state index >= 15 is 0 Å². The van der Waals surface area contributed by atoms with Gasteiger partial charge >= 0.3 is 0 Å². The Hall–Kier alpha value is -2.76. The first-order valence-corrected chi connectivity index (χ1v) is 7.76. The molecule has 1 aliphatic rings. The summed E-state index contributed by atoms with van der Waals surface area (Å²) in [5.74, 6) is 0.779. The quantitative estimate of drug-likeness (QED) is 0.789. The molecule has 0 aliphatic carbocycles. The lowest BCUT2D eigenvalue weighted by molar-refractivity contribution is 0.0733. The van der Waals surface area contributed by atoms with Crippen LogP contribution >= 0.6 is 0 Å². The van der Waals surface area contributed by atoms with E-state index in [-0.39, 0.29) is 11.9 Å². The molecule has 0 radical (unpaired) electrons. The minimum Gasteiger partial charge on any atom is -0.345 e. The molecule has 116 valence electrons. The van der Waals surface area contributed by atoms with E-state index in [2.05, 4.69) is 19.9 Å². The third-order valence-electron chi connectivity index (χ3n) is 4.32. The van der Waals surface area contributed by atoms with Crippen LogP contribution in [-0.2, 0) is 0 Å². The van der Waals surface area contributed by atoms with Crippen molar-refractivity contribution in [3.8, 4) is 0 Å². The van der Waals surface area contributed by atoms with Crippen LogP contribution in [0.5, 0.6) is 0 Å². The first-order valence-electron chi connectivity index (χ1n) is 7.76. The van der Waals surface area contributed by atoms with Crippen LogP contribution in [0.4, 0.5) is 0 Å². The van der Waals surface area contributed by atoms with Gasteiger partial charge in [0.1, 0.15) is 5.82 Å². The van der Waals surface area contributed by atoms with Crippen molar-refractivity contribution in [2.75, 3.05) is 6.54 Å². The molecular formula is C17H17N5O. The van der Waals surface area contributed by atoms with Gasteiger partial charge in [0.25, 0.3) is 5.91 Å². The molecule has 6 heteroatoms. The van der Waals surface area contributed by atoms with Crippen LogP contribution in [0.3, 0.4) is 0 Å². The number of hydrogen-bond donors (Lipinski definition) is 1. The molecule has 2 aromatic heterocycles. The number of aryl methyl sites for hydroxylation is 1. The number of nitrogens with one attached hydrogen (secondary N) is 1. The molecule has 1 saturated heterocycles. The lowest BCUT2D eigenvalue weighted by Gasteiger charge is -2.24. The molecule has 23 heavy (non-hydrogen) atoms. The van der Waals surface area contributed by atoms with Crippen molar-refractivity contribution in [2.24, 2.45) is 0 Å². The molecule has 1 amide bonds. The summed E-state index contributed by atoms with van der Waals surface area (Å²) in [7, 11) is 0. The topological polar surface area (TPSA) is 74.8 Å². The van der Waals surface area contributed by atoms with Crippen molar-refractivity contribution in [1.29, 1.82) is 0 Å². The molecule has 3 heterocycles. The molecule has 1 aromatic carbocycles. The van der Waals surface area contributed by atoms with Gasteiger partial charge in [-0.05, 0) is 44.0 Å². The van der Waals surface area contributed by atoms with Gasteiger partial charge in [-0.3, -0.25) is 4.79 Å². The van der Waals surface area contributed by atoms with E-state index in [0.29, 0.717) is 5.56 Å². The molecule has 3 aromatic rings. The van der Waals surface area contributed by atoms with E-state index < -0.39 is 0 Å². The first-order chi connectivity index (χ1) is 11.2. The number of fused-ring (bicyclic) bond motifs is 1. The zero-order chi connectivity index (χ0) is 15.8. The summed E-state index contributed by atoms with van der Waals surface area (Å²) in [6.45, 7) is 2.63. The Balaban J connectivity index is 1.66. The number of likely N-dealkylation sites (tertiary alicyclic amines) is 1. The molecule has 0 spiro atoms. The second kappa shape index (κ2) is 5.46. The molecule has 4 rings (SSSR count). The molecule has 1 unspecified atom stereocenters. The number of hydrogen-bond acceptors (Lipinski definition) is 4. The SMILES string of the molecule is Cc1nccc(C2CCCN2C(=O)c2ccc3nc[nH]c3c2)n1. The van der Waals surface area contributed by atoms with E-state index in [1.165, 1.54) is 0 Å². The summed E-state index contributed by atoms with van der Waals surface area (Å²) in [5, 5.41) is 0. The predicted molar refractivity (Wildman–Crippen MR) is 85.9 cm³/mol. The molecule has 0 bridgehead atoms. The van der Waals surface area contributed by atoms with Crippen LogP contribution in [0.25, 0.3) is 11.0 Å². The van der Waals surface area contributed by atoms with E-state index in [9.17, 15) is 4.79 Å².